The summed E-state index contributed by atoms with van der Waals surface area (Å²) in [5.41, 5.74) is 2.21. The van der Waals surface area contributed by atoms with E-state index in [1.165, 1.54) is 12.1 Å². The number of rotatable bonds is 6. The molecule has 7 nitrogen and oxygen atoms in total. The maximum atomic E-state index is 12.4. The first kappa shape index (κ1) is 20.0. The van der Waals surface area contributed by atoms with Crippen LogP contribution in [0.15, 0.2) is 79.0 Å². The zero-order valence-electron chi connectivity index (χ0n) is 16.7. The lowest BCUT2D eigenvalue weighted by Crippen LogP contribution is -2.21. The normalized spacial score (nSPS) is 10.6. The molecular formula is C24H19N3O4. The van der Waals surface area contributed by atoms with Crippen molar-refractivity contribution in [3.63, 3.8) is 0 Å². The van der Waals surface area contributed by atoms with E-state index in [9.17, 15) is 14.9 Å². The second-order valence-corrected chi connectivity index (χ2v) is 6.99. The van der Waals surface area contributed by atoms with Crippen LogP contribution in [0, 0.1) is 17.0 Å². The number of pyridine rings is 1. The van der Waals surface area contributed by atoms with E-state index in [1.54, 1.807) is 31.3 Å². The molecule has 0 saturated carbocycles. The molecule has 154 valence electrons. The van der Waals surface area contributed by atoms with Gasteiger partial charge in [-0.2, -0.15) is 0 Å². The summed E-state index contributed by atoms with van der Waals surface area (Å²) in [5, 5.41) is 15.9. The Labute approximate surface area is 178 Å². The number of nitro groups is 1. The summed E-state index contributed by atoms with van der Waals surface area (Å²) in [6, 6.07) is 22.0. The molecule has 0 spiro atoms. The predicted molar refractivity (Wildman–Crippen MR) is 119 cm³/mol. The van der Waals surface area contributed by atoms with Crippen LogP contribution in [0.5, 0.6) is 5.75 Å². The summed E-state index contributed by atoms with van der Waals surface area (Å²) in [5.74, 6) is -0.0490. The van der Waals surface area contributed by atoms with Crippen molar-refractivity contribution in [2.45, 2.75) is 6.92 Å². The number of anilines is 1. The van der Waals surface area contributed by atoms with Crippen molar-refractivity contribution < 1.29 is 14.5 Å². The SMILES string of the molecule is Cc1ccc(NC(=O)COc2cccnc2-c2cccc3ccccc23)c([N+](=O)[O-])c1. The van der Waals surface area contributed by atoms with Gasteiger partial charge in [0.1, 0.15) is 17.1 Å². The van der Waals surface area contributed by atoms with E-state index in [0.717, 1.165) is 21.9 Å². The van der Waals surface area contributed by atoms with Gasteiger partial charge in [-0.05, 0) is 41.5 Å². The number of aromatic nitrogens is 1. The third-order valence-corrected chi connectivity index (χ3v) is 4.80. The number of carbonyl (C=O) groups is 1. The minimum atomic E-state index is -0.525. The number of aryl methyl sites for hydroxylation is 1. The Morgan fingerprint density at radius 3 is 2.71 bits per heavy atom. The van der Waals surface area contributed by atoms with Gasteiger partial charge in [-0.25, -0.2) is 0 Å². The lowest BCUT2D eigenvalue weighted by atomic mass is 10.0. The van der Waals surface area contributed by atoms with Gasteiger partial charge in [-0.15, -0.1) is 0 Å². The smallest absolute Gasteiger partial charge is 0.293 e. The monoisotopic (exact) mass is 413 g/mol. The number of amides is 1. The van der Waals surface area contributed by atoms with Crippen molar-refractivity contribution in [2.75, 3.05) is 11.9 Å². The van der Waals surface area contributed by atoms with E-state index in [2.05, 4.69) is 10.3 Å². The molecule has 0 aliphatic rings. The molecule has 4 rings (SSSR count). The van der Waals surface area contributed by atoms with Crippen LogP contribution >= 0.6 is 0 Å². The fourth-order valence-electron chi connectivity index (χ4n) is 3.37. The van der Waals surface area contributed by atoms with Gasteiger partial charge in [0.05, 0.1) is 4.92 Å². The quantitative estimate of drug-likeness (QED) is 0.349. The first-order valence-electron chi connectivity index (χ1n) is 9.64. The largest absolute Gasteiger partial charge is 0.481 e. The van der Waals surface area contributed by atoms with Crippen molar-refractivity contribution >= 4 is 28.1 Å². The minimum absolute atomic E-state index is 0.129. The summed E-state index contributed by atoms with van der Waals surface area (Å²) in [6.45, 7) is 1.44. The average Bonchev–Trinajstić information content (AvgIpc) is 2.78. The van der Waals surface area contributed by atoms with Crippen molar-refractivity contribution in [3.8, 4) is 17.0 Å². The van der Waals surface area contributed by atoms with Crippen LogP contribution < -0.4 is 10.1 Å². The number of hydrogen-bond acceptors (Lipinski definition) is 5. The van der Waals surface area contributed by atoms with Crippen LogP contribution in [0.1, 0.15) is 5.56 Å². The first-order valence-corrected chi connectivity index (χ1v) is 9.64. The highest BCUT2D eigenvalue weighted by molar-refractivity contribution is 5.97. The van der Waals surface area contributed by atoms with Gasteiger partial charge in [-0.3, -0.25) is 19.9 Å². The lowest BCUT2D eigenvalue weighted by molar-refractivity contribution is -0.384. The number of nitrogens with zero attached hydrogens (tertiary/aromatic N) is 2. The number of nitrogens with one attached hydrogen (secondary N) is 1. The maximum absolute atomic E-state index is 12.4. The summed E-state index contributed by atoms with van der Waals surface area (Å²) in [7, 11) is 0. The Bertz CT molecular complexity index is 1280. The van der Waals surface area contributed by atoms with E-state index in [1.807, 2.05) is 42.5 Å². The second-order valence-electron chi connectivity index (χ2n) is 6.99. The molecule has 0 aliphatic heterocycles. The van der Waals surface area contributed by atoms with E-state index in [-0.39, 0.29) is 18.0 Å². The fraction of sp³-hybridized carbons (Fsp3) is 0.0833. The first-order chi connectivity index (χ1) is 15.0. The zero-order chi connectivity index (χ0) is 21.8. The molecule has 0 bridgehead atoms. The number of hydrogen-bond donors (Lipinski definition) is 1. The average molecular weight is 413 g/mol. The molecule has 4 aromatic rings. The highest BCUT2D eigenvalue weighted by atomic mass is 16.6. The molecule has 1 amide bonds. The summed E-state index contributed by atoms with van der Waals surface area (Å²) >= 11 is 0. The molecule has 0 unspecified atom stereocenters. The van der Waals surface area contributed by atoms with E-state index >= 15 is 0 Å². The van der Waals surface area contributed by atoms with Gasteiger partial charge in [0.2, 0.25) is 0 Å². The fourth-order valence-corrected chi connectivity index (χ4v) is 3.37. The Morgan fingerprint density at radius 2 is 1.87 bits per heavy atom. The molecule has 3 aromatic carbocycles. The van der Waals surface area contributed by atoms with E-state index in [4.69, 9.17) is 4.74 Å². The standard InChI is InChI=1S/C24H19N3O4/c1-16-11-12-20(21(14-16)27(29)30)26-23(28)15-31-22-10-5-13-25-24(22)19-9-4-7-17-6-2-3-8-18(17)19/h2-14H,15H2,1H3,(H,26,28). The van der Waals surface area contributed by atoms with Gasteiger partial charge < -0.3 is 10.1 Å². The van der Waals surface area contributed by atoms with Crippen LogP contribution in [-0.4, -0.2) is 22.4 Å². The molecule has 0 fully saturated rings. The lowest BCUT2D eigenvalue weighted by Gasteiger charge is -2.13. The van der Waals surface area contributed by atoms with Crippen LogP contribution in [-0.2, 0) is 4.79 Å². The van der Waals surface area contributed by atoms with E-state index < -0.39 is 10.8 Å². The highest BCUT2D eigenvalue weighted by Gasteiger charge is 2.17. The highest BCUT2D eigenvalue weighted by Crippen LogP contribution is 2.33. The minimum Gasteiger partial charge on any atom is -0.481 e. The Balaban J connectivity index is 1.56. The molecule has 0 saturated heterocycles. The summed E-state index contributed by atoms with van der Waals surface area (Å²) in [4.78, 5) is 27.6. The van der Waals surface area contributed by atoms with Crippen LogP contribution in [0.25, 0.3) is 22.0 Å². The van der Waals surface area contributed by atoms with Gasteiger partial charge in [0.25, 0.3) is 11.6 Å². The Kier molecular flexibility index (Phi) is 5.57. The third kappa shape index (κ3) is 4.35. The van der Waals surface area contributed by atoms with Crippen molar-refractivity contribution in [1.82, 2.24) is 4.98 Å². The van der Waals surface area contributed by atoms with Crippen LogP contribution in [0.4, 0.5) is 11.4 Å². The molecule has 0 atom stereocenters. The van der Waals surface area contributed by atoms with Gasteiger partial charge in [0, 0.05) is 17.8 Å². The molecule has 1 N–H and O–H groups in total. The molecule has 1 aromatic heterocycles. The number of carbonyl (C=O) groups excluding carboxylic acids is 1. The summed E-state index contributed by atoms with van der Waals surface area (Å²) in [6.07, 6.45) is 1.67. The number of benzene rings is 3. The van der Waals surface area contributed by atoms with E-state index in [0.29, 0.717) is 11.4 Å². The number of nitro benzene ring substituents is 1. The van der Waals surface area contributed by atoms with Crippen molar-refractivity contribution in [3.05, 3.63) is 94.7 Å². The third-order valence-electron chi connectivity index (χ3n) is 4.80. The van der Waals surface area contributed by atoms with Crippen molar-refractivity contribution in [1.29, 1.82) is 0 Å². The predicted octanol–water partition coefficient (Wildman–Crippen LogP) is 5.14. The van der Waals surface area contributed by atoms with Gasteiger partial charge >= 0.3 is 0 Å². The van der Waals surface area contributed by atoms with Crippen LogP contribution in [0.2, 0.25) is 0 Å². The molecule has 1 heterocycles. The Hall–Kier alpha value is -4.26. The Morgan fingerprint density at radius 1 is 1.06 bits per heavy atom. The van der Waals surface area contributed by atoms with Gasteiger partial charge in [0.15, 0.2) is 6.61 Å². The zero-order valence-corrected chi connectivity index (χ0v) is 16.7. The molecule has 0 radical (unpaired) electrons. The summed E-state index contributed by atoms with van der Waals surface area (Å²) < 4.78 is 5.75. The molecular weight excluding hydrogens is 394 g/mol. The number of ether oxygens (including phenoxy) is 1. The van der Waals surface area contributed by atoms with Crippen LogP contribution in [0.3, 0.4) is 0 Å². The molecule has 7 heteroatoms. The molecule has 31 heavy (non-hydrogen) atoms. The second kappa shape index (κ2) is 8.62. The van der Waals surface area contributed by atoms with Crippen molar-refractivity contribution in [2.24, 2.45) is 0 Å². The molecule has 0 aliphatic carbocycles. The number of fused-ring (bicyclic) bond motifs is 1. The maximum Gasteiger partial charge on any atom is 0.293 e. The van der Waals surface area contributed by atoms with Gasteiger partial charge in [-0.1, -0.05) is 48.5 Å². The topological polar surface area (TPSA) is 94.4 Å².